The molecule has 1 saturated heterocycles. The van der Waals surface area contributed by atoms with Crippen LogP contribution in [0.4, 0.5) is 4.39 Å². The summed E-state index contributed by atoms with van der Waals surface area (Å²) in [6.07, 6.45) is 2.52. The first kappa shape index (κ1) is 14.4. The maximum atomic E-state index is 13.8. The van der Waals surface area contributed by atoms with Crippen molar-refractivity contribution >= 4 is 21.6 Å². The fourth-order valence-corrected chi connectivity index (χ4v) is 5.79. The summed E-state index contributed by atoms with van der Waals surface area (Å²) in [7, 11) is -2.91. The molecule has 0 bridgehead atoms. The van der Waals surface area contributed by atoms with Crippen molar-refractivity contribution in [3.8, 4) is 0 Å². The van der Waals surface area contributed by atoms with Crippen molar-refractivity contribution in [3.63, 3.8) is 0 Å². The van der Waals surface area contributed by atoms with Crippen LogP contribution >= 0.6 is 11.8 Å². The van der Waals surface area contributed by atoms with Gasteiger partial charge in [-0.3, -0.25) is 0 Å². The molecule has 110 valence electrons. The zero-order chi connectivity index (χ0) is 14.2. The summed E-state index contributed by atoms with van der Waals surface area (Å²) in [6.45, 7) is 0. The zero-order valence-corrected chi connectivity index (χ0v) is 12.8. The van der Waals surface area contributed by atoms with Crippen LogP contribution in [0.25, 0.3) is 0 Å². The number of halogens is 1. The van der Waals surface area contributed by atoms with E-state index < -0.39 is 9.84 Å². The lowest BCUT2D eigenvalue weighted by molar-refractivity contribution is 0.406. The van der Waals surface area contributed by atoms with Gasteiger partial charge in [-0.15, -0.1) is 11.8 Å². The minimum absolute atomic E-state index is 0.00188. The number of rotatable bonds is 2. The van der Waals surface area contributed by atoms with Crippen LogP contribution in [0.15, 0.2) is 23.1 Å². The predicted molar refractivity (Wildman–Crippen MR) is 79.3 cm³/mol. The largest absolute Gasteiger partial charge is 0.306 e. The molecule has 2 heterocycles. The van der Waals surface area contributed by atoms with Crippen molar-refractivity contribution in [1.29, 1.82) is 0 Å². The standard InChI is InChI=1S/C14H18FNO2S2/c15-12-5-1-4-11-13(6-7-19-14(11)12)16-10-3-2-8-20(17,18)9-10/h1,4-5,10,13,16H,2-3,6-9H2. The first-order valence-corrected chi connectivity index (χ1v) is 9.73. The third-order valence-electron chi connectivity index (χ3n) is 3.93. The fourth-order valence-electron chi connectivity index (χ4n) is 3.00. The number of nitrogens with one attached hydrogen (secondary N) is 1. The SMILES string of the molecule is O=S1(=O)CCCC(NC2CCSc3c(F)cccc32)C1. The number of fused-ring (bicyclic) bond motifs is 1. The van der Waals surface area contributed by atoms with Crippen LogP contribution in [0, 0.1) is 5.82 Å². The van der Waals surface area contributed by atoms with Gasteiger partial charge in [-0.05, 0) is 36.6 Å². The molecule has 6 heteroatoms. The van der Waals surface area contributed by atoms with E-state index in [-0.39, 0.29) is 23.7 Å². The molecule has 0 aromatic heterocycles. The normalized spacial score (nSPS) is 28.9. The highest BCUT2D eigenvalue weighted by Gasteiger charge is 2.29. The van der Waals surface area contributed by atoms with Crippen molar-refractivity contribution in [2.24, 2.45) is 0 Å². The Hall–Kier alpha value is -0.590. The summed E-state index contributed by atoms with van der Waals surface area (Å²) in [5, 5.41) is 3.44. The summed E-state index contributed by atoms with van der Waals surface area (Å²) >= 11 is 1.55. The Morgan fingerprint density at radius 1 is 1.30 bits per heavy atom. The molecule has 0 saturated carbocycles. The van der Waals surface area contributed by atoms with E-state index in [2.05, 4.69) is 5.32 Å². The number of hydrogen-bond donors (Lipinski definition) is 1. The molecule has 3 nitrogen and oxygen atoms in total. The summed E-state index contributed by atoms with van der Waals surface area (Å²) < 4.78 is 37.2. The van der Waals surface area contributed by atoms with Gasteiger partial charge in [0.2, 0.25) is 0 Å². The lowest BCUT2D eigenvalue weighted by Crippen LogP contribution is -2.42. The Labute approximate surface area is 123 Å². The Bertz CT molecular complexity index is 603. The zero-order valence-electron chi connectivity index (χ0n) is 11.1. The second-order valence-corrected chi connectivity index (χ2v) is 8.80. The monoisotopic (exact) mass is 315 g/mol. The number of sulfone groups is 1. The smallest absolute Gasteiger partial charge is 0.151 e. The Kier molecular flexibility index (Phi) is 4.06. The molecular formula is C14H18FNO2S2. The van der Waals surface area contributed by atoms with Crippen LogP contribution in [0.1, 0.15) is 30.9 Å². The Morgan fingerprint density at radius 2 is 2.15 bits per heavy atom. The topological polar surface area (TPSA) is 46.2 Å². The third kappa shape index (κ3) is 3.02. The van der Waals surface area contributed by atoms with Crippen molar-refractivity contribution in [2.75, 3.05) is 17.3 Å². The molecule has 0 aliphatic carbocycles. The van der Waals surface area contributed by atoms with Gasteiger partial charge < -0.3 is 5.32 Å². The van der Waals surface area contributed by atoms with Gasteiger partial charge in [0.05, 0.1) is 11.5 Å². The number of benzene rings is 1. The highest BCUT2D eigenvalue weighted by molar-refractivity contribution is 7.99. The molecule has 2 aliphatic heterocycles. The maximum Gasteiger partial charge on any atom is 0.151 e. The van der Waals surface area contributed by atoms with E-state index in [1.165, 1.54) is 6.07 Å². The van der Waals surface area contributed by atoms with Crippen LogP contribution in [-0.2, 0) is 9.84 Å². The van der Waals surface area contributed by atoms with Gasteiger partial charge in [0, 0.05) is 17.0 Å². The third-order valence-corrected chi connectivity index (χ3v) is 6.91. The summed E-state index contributed by atoms with van der Waals surface area (Å²) in [6, 6.07) is 5.23. The van der Waals surface area contributed by atoms with Gasteiger partial charge in [-0.25, -0.2) is 12.8 Å². The van der Waals surface area contributed by atoms with E-state index in [1.807, 2.05) is 6.07 Å². The summed E-state index contributed by atoms with van der Waals surface area (Å²) in [4.78, 5) is 0.718. The molecule has 0 radical (unpaired) electrons. The van der Waals surface area contributed by atoms with Crippen LogP contribution in [0.3, 0.4) is 0 Å². The molecule has 20 heavy (non-hydrogen) atoms. The molecule has 2 unspecified atom stereocenters. The van der Waals surface area contributed by atoms with Crippen LogP contribution in [-0.4, -0.2) is 31.7 Å². The molecule has 3 rings (SSSR count). The lowest BCUT2D eigenvalue weighted by atomic mass is 10.0. The van der Waals surface area contributed by atoms with E-state index in [1.54, 1.807) is 17.8 Å². The molecule has 0 spiro atoms. The minimum Gasteiger partial charge on any atom is -0.306 e. The van der Waals surface area contributed by atoms with Crippen LogP contribution in [0.5, 0.6) is 0 Å². The molecule has 1 aromatic rings. The van der Waals surface area contributed by atoms with Gasteiger partial charge >= 0.3 is 0 Å². The van der Waals surface area contributed by atoms with Gasteiger partial charge in [0.15, 0.2) is 9.84 Å². The predicted octanol–water partition coefficient (Wildman–Crippen LogP) is 2.53. The highest BCUT2D eigenvalue weighted by atomic mass is 32.2. The molecule has 2 atom stereocenters. The molecule has 0 amide bonds. The number of thioether (sulfide) groups is 1. The fraction of sp³-hybridized carbons (Fsp3) is 0.571. The molecule has 1 aromatic carbocycles. The van der Waals surface area contributed by atoms with E-state index in [9.17, 15) is 12.8 Å². The molecular weight excluding hydrogens is 297 g/mol. The first-order valence-electron chi connectivity index (χ1n) is 6.93. The first-order chi connectivity index (χ1) is 9.55. The number of hydrogen-bond acceptors (Lipinski definition) is 4. The Morgan fingerprint density at radius 3 is 2.95 bits per heavy atom. The highest BCUT2D eigenvalue weighted by Crippen LogP contribution is 2.38. The van der Waals surface area contributed by atoms with E-state index in [0.717, 1.165) is 35.5 Å². The second-order valence-electron chi connectivity index (χ2n) is 5.47. The summed E-state index contributed by atoms with van der Waals surface area (Å²) in [5.74, 6) is 1.21. The van der Waals surface area contributed by atoms with Crippen LogP contribution < -0.4 is 5.32 Å². The van der Waals surface area contributed by atoms with Gasteiger partial charge in [-0.1, -0.05) is 12.1 Å². The Balaban J connectivity index is 1.78. The van der Waals surface area contributed by atoms with Gasteiger partial charge in [0.1, 0.15) is 5.82 Å². The van der Waals surface area contributed by atoms with Crippen molar-refractivity contribution in [2.45, 2.75) is 36.2 Å². The average molecular weight is 315 g/mol. The maximum absolute atomic E-state index is 13.8. The van der Waals surface area contributed by atoms with E-state index in [4.69, 9.17) is 0 Å². The molecule has 1 N–H and O–H groups in total. The van der Waals surface area contributed by atoms with Crippen molar-refractivity contribution in [1.82, 2.24) is 5.32 Å². The lowest BCUT2D eigenvalue weighted by Gasteiger charge is -2.32. The minimum atomic E-state index is -2.91. The second kappa shape index (κ2) is 5.66. The van der Waals surface area contributed by atoms with Crippen LogP contribution in [0.2, 0.25) is 0 Å². The van der Waals surface area contributed by atoms with Crippen molar-refractivity contribution in [3.05, 3.63) is 29.6 Å². The molecule has 1 fully saturated rings. The van der Waals surface area contributed by atoms with Crippen molar-refractivity contribution < 1.29 is 12.8 Å². The van der Waals surface area contributed by atoms with E-state index in [0.29, 0.717) is 5.75 Å². The average Bonchev–Trinajstić information content (AvgIpc) is 2.39. The molecule has 2 aliphatic rings. The van der Waals surface area contributed by atoms with Gasteiger partial charge in [0.25, 0.3) is 0 Å². The van der Waals surface area contributed by atoms with E-state index >= 15 is 0 Å². The summed E-state index contributed by atoms with van der Waals surface area (Å²) in [5.41, 5.74) is 0.976. The quantitative estimate of drug-likeness (QED) is 0.911. The van der Waals surface area contributed by atoms with Gasteiger partial charge in [-0.2, -0.15) is 0 Å².